The Kier molecular flexibility index (Phi) is 6.90. The number of aryl methyl sites for hydroxylation is 2. The zero-order valence-corrected chi connectivity index (χ0v) is 17.3. The van der Waals surface area contributed by atoms with Crippen molar-refractivity contribution in [2.45, 2.75) is 52.5 Å². The van der Waals surface area contributed by atoms with E-state index in [1.807, 2.05) is 32.0 Å². The molecule has 3 rings (SSSR count). The molecule has 2 N–H and O–H groups in total. The largest absolute Gasteiger partial charge is 0.352 e. The molecule has 1 aliphatic rings. The maximum atomic E-state index is 12.5. The summed E-state index contributed by atoms with van der Waals surface area (Å²) in [5.74, 6) is 1.30. The van der Waals surface area contributed by atoms with Gasteiger partial charge in [0.25, 0.3) is 5.91 Å². The Labute approximate surface area is 171 Å². The maximum absolute atomic E-state index is 12.5. The van der Waals surface area contributed by atoms with Crippen molar-refractivity contribution in [2.75, 3.05) is 6.54 Å². The normalized spacial score (nSPS) is 20.0. The fraction of sp³-hybridized carbons (Fsp3) is 0.500. The standard InChI is InChI=1S/C22H29N5O2/c1-14-19(13-24-15(2)26-14)22(29)25-12-17-7-9-18(10-8-17)21(27-16(3)28)20-6-4-5-11-23-20/h4-6,11,13,17-18,21H,7-10,12H2,1-3H3,(H,25,29)(H,27,28). The second-order valence-corrected chi connectivity index (χ2v) is 7.84. The fourth-order valence-electron chi connectivity index (χ4n) is 4.08. The van der Waals surface area contributed by atoms with Crippen molar-refractivity contribution in [1.29, 1.82) is 0 Å². The van der Waals surface area contributed by atoms with Crippen molar-refractivity contribution >= 4 is 11.8 Å². The summed E-state index contributed by atoms with van der Waals surface area (Å²) in [6, 6.07) is 5.75. The highest BCUT2D eigenvalue weighted by molar-refractivity contribution is 5.94. The van der Waals surface area contributed by atoms with Gasteiger partial charge in [0, 0.05) is 25.9 Å². The van der Waals surface area contributed by atoms with Gasteiger partial charge < -0.3 is 10.6 Å². The first kappa shape index (κ1) is 20.9. The van der Waals surface area contributed by atoms with Gasteiger partial charge in [-0.1, -0.05) is 6.07 Å². The van der Waals surface area contributed by atoms with Crippen LogP contribution in [-0.4, -0.2) is 33.3 Å². The van der Waals surface area contributed by atoms with Crippen molar-refractivity contribution in [3.63, 3.8) is 0 Å². The van der Waals surface area contributed by atoms with Crippen LogP contribution < -0.4 is 10.6 Å². The van der Waals surface area contributed by atoms with E-state index in [2.05, 4.69) is 25.6 Å². The van der Waals surface area contributed by atoms with Gasteiger partial charge in [0.05, 0.1) is 23.0 Å². The van der Waals surface area contributed by atoms with E-state index in [9.17, 15) is 9.59 Å². The van der Waals surface area contributed by atoms with E-state index in [0.717, 1.165) is 31.4 Å². The number of hydrogen-bond donors (Lipinski definition) is 2. The Balaban J connectivity index is 1.54. The lowest BCUT2D eigenvalue weighted by atomic mass is 9.77. The molecule has 2 heterocycles. The summed E-state index contributed by atoms with van der Waals surface area (Å²) >= 11 is 0. The highest BCUT2D eigenvalue weighted by Gasteiger charge is 2.30. The third-order valence-corrected chi connectivity index (χ3v) is 5.62. The number of nitrogens with zero attached hydrogens (tertiary/aromatic N) is 3. The number of pyridine rings is 1. The van der Waals surface area contributed by atoms with E-state index >= 15 is 0 Å². The predicted molar refractivity (Wildman–Crippen MR) is 110 cm³/mol. The van der Waals surface area contributed by atoms with Crippen LogP contribution in [0.15, 0.2) is 30.6 Å². The van der Waals surface area contributed by atoms with E-state index in [1.165, 1.54) is 0 Å². The highest BCUT2D eigenvalue weighted by Crippen LogP contribution is 2.36. The molecule has 1 unspecified atom stereocenters. The van der Waals surface area contributed by atoms with Crippen LogP contribution in [0, 0.1) is 25.7 Å². The quantitative estimate of drug-likeness (QED) is 0.784. The molecule has 0 aromatic carbocycles. The molecule has 0 aliphatic heterocycles. The molecule has 7 nitrogen and oxygen atoms in total. The lowest BCUT2D eigenvalue weighted by Crippen LogP contribution is -2.36. The van der Waals surface area contributed by atoms with Gasteiger partial charge in [0.1, 0.15) is 5.82 Å². The Morgan fingerprint density at radius 2 is 1.90 bits per heavy atom. The molecular formula is C22H29N5O2. The molecule has 1 saturated carbocycles. The number of aromatic nitrogens is 3. The second-order valence-electron chi connectivity index (χ2n) is 7.84. The van der Waals surface area contributed by atoms with E-state index in [1.54, 1.807) is 19.3 Å². The number of rotatable bonds is 6. The Bertz CT molecular complexity index is 848. The molecule has 0 bridgehead atoms. The van der Waals surface area contributed by atoms with Crippen molar-refractivity contribution in [1.82, 2.24) is 25.6 Å². The van der Waals surface area contributed by atoms with E-state index in [4.69, 9.17) is 0 Å². The molecule has 0 radical (unpaired) electrons. The number of nitrogens with one attached hydrogen (secondary N) is 2. The van der Waals surface area contributed by atoms with E-state index in [0.29, 0.717) is 35.5 Å². The van der Waals surface area contributed by atoms with Gasteiger partial charge in [0.15, 0.2) is 0 Å². The third kappa shape index (κ3) is 5.59. The summed E-state index contributed by atoms with van der Waals surface area (Å²) in [7, 11) is 0. The summed E-state index contributed by atoms with van der Waals surface area (Å²) in [6.07, 6.45) is 7.37. The number of carbonyl (C=O) groups is 2. The Morgan fingerprint density at radius 3 is 2.52 bits per heavy atom. The fourth-order valence-corrected chi connectivity index (χ4v) is 4.08. The Morgan fingerprint density at radius 1 is 1.14 bits per heavy atom. The minimum Gasteiger partial charge on any atom is -0.352 e. The van der Waals surface area contributed by atoms with Crippen molar-refractivity contribution in [2.24, 2.45) is 11.8 Å². The first-order valence-corrected chi connectivity index (χ1v) is 10.2. The lowest BCUT2D eigenvalue weighted by Gasteiger charge is -2.34. The summed E-state index contributed by atoms with van der Waals surface area (Å²) in [4.78, 5) is 37.0. The van der Waals surface area contributed by atoms with Gasteiger partial charge in [-0.15, -0.1) is 0 Å². The molecule has 1 atom stereocenters. The second kappa shape index (κ2) is 9.58. The molecule has 1 aliphatic carbocycles. The molecule has 2 aromatic heterocycles. The van der Waals surface area contributed by atoms with Gasteiger partial charge in [-0.3, -0.25) is 14.6 Å². The van der Waals surface area contributed by atoms with Crippen LogP contribution in [0.25, 0.3) is 0 Å². The summed E-state index contributed by atoms with van der Waals surface area (Å²) in [5, 5.41) is 6.11. The predicted octanol–water partition coefficient (Wildman–Crippen LogP) is 2.90. The molecule has 0 saturated heterocycles. The zero-order chi connectivity index (χ0) is 20.8. The molecule has 29 heavy (non-hydrogen) atoms. The van der Waals surface area contributed by atoms with Crippen LogP contribution in [0.5, 0.6) is 0 Å². The average molecular weight is 396 g/mol. The van der Waals surface area contributed by atoms with Crippen molar-refractivity contribution < 1.29 is 9.59 Å². The maximum Gasteiger partial charge on any atom is 0.254 e. The molecule has 7 heteroatoms. The SMILES string of the molecule is CC(=O)NC(c1ccccn1)C1CCC(CNC(=O)c2cnc(C)nc2C)CC1. The number of hydrogen-bond acceptors (Lipinski definition) is 5. The Hall–Kier alpha value is -2.83. The van der Waals surface area contributed by atoms with Gasteiger partial charge in [0.2, 0.25) is 5.91 Å². The molecule has 2 amide bonds. The summed E-state index contributed by atoms with van der Waals surface area (Å²) in [5.41, 5.74) is 2.15. The van der Waals surface area contributed by atoms with Crippen LogP contribution in [0.3, 0.4) is 0 Å². The summed E-state index contributed by atoms with van der Waals surface area (Å²) in [6.45, 7) is 5.84. The minimum atomic E-state index is -0.116. The highest BCUT2D eigenvalue weighted by atomic mass is 16.2. The van der Waals surface area contributed by atoms with Crippen molar-refractivity contribution in [3.05, 3.63) is 53.4 Å². The monoisotopic (exact) mass is 395 g/mol. The first-order chi connectivity index (χ1) is 13.9. The molecule has 154 valence electrons. The van der Waals surface area contributed by atoms with Crippen LogP contribution in [0.4, 0.5) is 0 Å². The average Bonchev–Trinajstić information content (AvgIpc) is 2.71. The van der Waals surface area contributed by atoms with Gasteiger partial charge in [-0.25, -0.2) is 9.97 Å². The van der Waals surface area contributed by atoms with Crippen LogP contribution >= 0.6 is 0 Å². The lowest BCUT2D eigenvalue weighted by molar-refractivity contribution is -0.120. The summed E-state index contributed by atoms with van der Waals surface area (Å²) < 4.78 is 0. The van der Waals surface area contributed by atoms with Crippen LogP contribution in [0.1, 0.15) is 66.2 Å². The molecule has 1 fully saturated rings. The van der Waals surface area contributed by atoms with E-state index < -0.39 is 0 Å². The molecular weight excluding hydrogens is 366 g/mol. The van der Waals surface area contributed by atoms with E-state index in [-0.39, 0.29) is 17.9 Å². The van der Waals surface area contributed by atoms with Gasteiger partial charge >= 0.3 is 0 Å². The van der Waals surface area contributed by atoms with Crippen molar-refractivity contribution in [3.8, 4) is 0 Å². The minimum absolute atomic E-state index is 0.0364. The first-order valence-electron chi connectivity index (χ1n) is 10.2. The van der Waals surface area contributed by atoms with Gasteiger partial charge in [-0.2, -0.15) is 0 Å². The third-order valence-electron chi connectivity index (χ3n) is 5.62. The number of amides is 2. The number of carbonyl (C=O) groups excluding carboxylic acids is 2. The molecule has 2 aromatic rings. The van der Waals surface area contributed by atoms with Gasteiger partial charge in [-0.05, 0) is 63.5 Å². The topological polar surface area (TPSA) is 96.9 Å². The van der Waals surface area contributed by atoms with Crippen LogP contribution in [-0.2, 0) is 4.79 Å². The molecule has 0 spiro atoms. The zero-order valence-electron chi connectivity index (χ0n) is 17.3. The smallest absolute Gasteiger partial charge is 0.254 e. The van der Waals surface area contributed by atoms with Crippen LogP contribution in [0.2, 0.25) is 0 Å².